The minimum absolute atomic E-state index is 0.592. The quantitative estimate of drug-likeness (QED) is 0.721. The molecule has 2 heterocycles. The van der Waals surface area contributed by atoms with E-state index in [2.05, 4.69) is 15.3 Å². The Kier molecular flexibility index (Phi) is 6.88. The van der Waals surface area contributed by atoms with Crippen LogP contribution in [0.1, 0.15) is 27.7 Å². The monoisotopic (exact) mass is 210 g/mol. The summed E-state index contributed by atoms with van der Waals surface area (Å²) >= 11 is 0. The Hall–Kier alpha value is -1.65. The van der Waals surface area contributed by atoms with Gasteiger partial charge in [0.15, 0.2) is 0 Å². The highest BCUT2D eigenvalue weighted by atomic mass is 16.7. The van der Waals surface area contributed by atoms with E-state index in [-0.39, 0.29) is 0 Å². The summed E-state index contributed by atoms with van der Waals surface area (Å²) in [5, 5.41) is 7.46. The first kappa shape index (κ1) is 13.4. The Bertz CT molecular complexity index is 372. The molecule has 0 N–H and O–H groups in total. The fourth-order valence-corrected chi connectivity index (χ4v) is 0.881. The predicted molar refractivity (Wildman–Crippen MR) is 60.5 cm³/mol. The molecule has 84 valence electrons. The van der Waals surface area contributed by atoms with Crippen LogP contribution in [0.4, 0.5) is 0 Å². The highest BCUT2D eigenvalue weighted by Crippen LogP contribution is 2.03. The molecule has 2 aromatic rings. The average Bonchev–Trinajstić information content (AvgIpc) is 2.77. The number of hydrogen-bond acceptors (Lipinski definition) is 4. The lowest BCUT2D eigenvalue weighted by molar-refractivity contribution is 0.139. The Morgan fingerprint density at radius 2 is 1.87 bits per heavy atom. The SMILES string of the molecule is CC.CC.COn1nnc2ncccc21. The van der Waals surface area contributed by atoms with Gasteiger partial charge in [0.1, 0.15) is 12.6 Å². The molecule has 0 fully saturated rings. The lowest BCUT2D eigenvalue weighted by Gasteiger charge is -1.94. The van der Waals surface area contributed by atoms with E-state index in [1.807, 2.05) is 33.8 Å². The zero-order chi connectivity index (χ0) is 11.7. The van der Waals surface area contributed by atoms with Crippen LogP contribution in [0, 0.1) is 0 Å². The lowest BCUT2D eigenvalue weighted by Crippen LogP contribution is -2.06. The van der Waals surface area contributed by atoms with E-state index < -0.39 is 0 Å². The highest BCUT2D eigenvalue weighted by Gasteiger charge is 2.01. The van der Waals surface area contributed by atoms with Gasteiger partial charge in [-0.2, -0.15) is 0 Å². The largest absolute Gasteiger partial charge is 0.398 e. The van der Waals surface area contributed by atoms with Crippen LogP contribution < -0.4 is 4.84 Å². The summed E-state index contributed by atoms with van der Waals surface area (Å²) in [6, 6.07) is 3.65. The van der Waals surface area contributed by atoms with Gasteiger partial charge in [-0.15, -0.1) is 5.10 Å². The van der Waals surface area contributed by atoms with Gasteiger partial charge < -0.3 is 4.84 Å². The maximum atomic E-state index is 4.87. The number of pyridine rings is 1. The first-order chi connectivity index (χ1) is 7.42. The Balaban J connectivity index is 0.000000442. The van der Waals surface area contributed by atoms with Crippen molar-refractivity contribution < 1.29 is 4.84 Å². The van der Waals surface area contributed by atoms with E-state index in [4.69, 9.17) is 4.84 Å². The normalized spacial score (nSPS) is 8.33. The summed E-state index contributed by atoms with van der Waals surface area (Å²) in [6.45, 7) is 8.00. The second kappa shape index (κ2) is 7.73. The lowest BCUT2D eigenvalue weighted by atomic mass is 10.4. The minimum atomic E-state index is 0.592. The average molecular weight is 210 g/mol. The first-order valence-electron chi connectivity index (χ1n) is 5.13. The molecule has 0 unspecified atom stereocenters. The fourth-order valence-electron chi connectivity index (χ4n) is 0.881. The molecule has 15 heavy (non-hydrogen) atoms. The third-order valence-corrected chi connectivity index (χ3v) is 1.37. The molecule has 0 aromatic carbocycles. The standard InChI is InChI=1S/C6H6N4O.2C2H6/c1-11-10-5-3-2-4-7-6(5)8-9-10;2*1-2/h2-4H,1H3;2*1-2H3. The van der Waals surface area contributed by atoms with Gasteiger partial charge in [-0.1, -0.05) is 32.5 Å². The van der Waals surface area contributed by atoms with E-state index in [1.54, 1.807) is 12.3 Å². The number of aromatic nitrogens is 4. The summed E-state index contributed by atoms with van der Waals surface area (Å²) in [6.07, 6.45) is 1.66. The molecular weight excluding hydrogens is 192 g/mol. The van der Waals surface area contributed by atoms with Crippen molar-refractivity contribution in [3.63, 3.8) is 0 Å². The van der Waals surface area contributed by atoms with E-state index in [0.717, 1.165) is 5.52 Å². The molecule has 0 amide bonds. The molecule has 0 aliphatic rings. The summed E-state index contributed by atoms with van der Waals surface area (Å²) < 4.78 is 0. The molecule has 0 aliphatic carbocycles. The van der Waals surface area contributed by atoms with Gasteiger partial charge >= 0.3 is 0 Å². The maximum Gasteiger partial charge on any atom is 0.205 e. The summed E-state index contributed by atoms with van der Waals surface area (Å²) in [7, 11) is 1.53. The van der Waals surface area contributed by atoms with E-state index in [1.165, 1.54) is 12.0 Å². The van der Waals surface area contributed by atoms with Crippen LogP contribution in [0.5, 0.6) is 0 Å². The number of nitrogens with zero attached hydrogens (tertiary/aromatic N) is 4. The van der Waals surface area contributed by atoms with Gasteiger partial charge in [0.25, 0.3) is 0 Å². The summed E-state index contributed by atoms with van der Waals surface area (Å²) in [5.74, 6) is 0. The molecule has 2 aromatic heterocycles. The van der Waals surface area contributed by atoms with E-state index in [9.17, 15) is 0 Å². The molecule has 0 radical (unpaired) electrons. The van der Waals surface area contributed by atoms with E-state index >= 15 is 0 Å². The third kappa shape index (κ3) is 3.19. The van der Waals surface area contributed by atoms with Gasteiger partial charge in [-0.05, 0) is 17.3 Å². The van der Waals surface area contributed by atoms with Crippen molar-refractivity contribution in [1.82, 2.24) is 20.1 Å². The van der Waals surface area contributed by atoms with Gasteiger partial charge in [0, 0.05) is 6.20 Å². The number of hydrogen-bond donors (Lipinski definition) is 0. The van der Waals surface area contributed by atoms with E-state index in [0.29, 0.717) is 5.65 Å². The van der Waals surface area contributed by atoms with Crippen LogP contribution in [0.3, 0.4) is 0 Å². The molecule has 5 heteroatoms. The minimum Gasteiger partial charge on any atom is -0.398 e. The van der Waals surface area contributed by atoms with Crippen molar-refractivity contribution in [2.75, 3.05) is 7.11 Å². The van der Waals surface area contributed by atoms with Crippen molar-refractivity contribution >= 4 is 11.2 Å². The van der Waals surface area contributed by atoms with Crippen molar-refractivity contribution in [2.24, 2.45) is 0 Å². The van der Waals surface area contributed by atoms with Gasteiger partial charge in [0.2, 0.25) is 5.65 Å². The number of fused-ring (bicyclic) bond motifs is 1. The Labute approximate surface area is 90.0 Å². The van der Waals surface area contributed by atoms with Crippen LogP contribution in [-0.4, -0.2) is 27.3 Å². The van der Waals surface area contributed by atoms with Crippen LogP contribution in [0.25, 0.3) is 11.2 Å². The smallest absolute Gasteiger partial charge is 0.205 e. The van der Waals surface area contributed by atoms with Gasteiger partial charge in [0.05, 0.1) is 0 Å². The van der Waals surface area contributed by atoms with Crippen molar-refractivity contribution in [2.45, 2.75) is 27.7 Å². The van der Waals surface area contributed by atoms with Crippen molar-refractivity contribution in [3.8, 4) is 0 Å². The highest BCUT2D eigenvalue weighted by molar-refractivity contribution is 5.68. The van der Waals surface area contributed by atoms with Crippen LogP contribution >= 0.6 is 0 Å². The summed E-state index contributed by atoms with van der Waals surface area (Å²) in [5.41, 5.74) is 1.37. The Morgan fingerprint density at radius 3 is 2.47 bits per heavy atom. The zero-order valence-corrected chi connectivity index (χ0v) is 9.93. The van der Waals surface area contributed by atoms with Crippen LogP contribution in [0.15, 0.2) is 18.3 Å². The van der Waals surface area contributed by atoms with Crippen LogP contribution in [-0.2, 0) is 0 Å². The molecule has 0 saturated heterocycles. The van der Waals surface area contributed by atoms with Crippen LogP contribution in [0.2, 0.25) is 0 Å². The Morgan fingerprint density at radius 1 is 1.20 bits per heavy atom. The molecule has 0 atom stereocenters. The molecule has 0 saturated carbocycles. The summed E-state index contributed by atoms with van der Waals surface area (Å²) in [4.78, 5) is 10.2. The number of rotatable bonds is 1. The van der Waals surface area contributed by atoms with Crippen molar-refractivity contribution in [3.05, 3.63) is 18.3 Å². The topological polar surface area (TPSA) is 52.8 Å². The molecular formula is C10H18N4O. The fraction of sp³-hybridized carbons (Fsp3) is 0.500. The molecule has 5 nitrogen and oxygen atoms in total. The zero-order valence-electron chi connectivity index (χ0n) is 9.93. The van der Waals surface area contributed by atoms with Gasteiger partial charge in [-0.3, -0.25) is 0 Å². The maximum absolute atomic E-state index is 4.87. The second-order valence-electron chi connectivity index (χ2n) is 1.99. The third-order valence-electron chi connectivity index (χ3n) is 1.37. The molecule has 0 bridgehead atoms. The van der Waals surface area contributed by atoms with Crippen molar-refractivity contribution in [1.29, 1.82) is 0 Å². The predicted octanol–water partition coefficient (Wildman–Crippen LogP) is 1.94. The second-order valence-corrected chi connectivity index (χ2v) is 1.99. The first-order valence-corrected chi connectivity index (χ1v) is 5.13. The molecule has 2 rings (SSSR count). The molecule has 0 aliphatic heterocycles. The molecule has 0 spiro atoms. The van der Waals surface area contributed by atoms with Gasteiger partial charge in [-0.25, -0.2) is 4.98 Å².